The Morgan fingerprint density at radius 2 is 1.75 bits per heavy atom. The molecule has 190 valence electrons. The Morgan fingerprint density at radius 3 is 2.53 bits per heavy atom. The van der Waals surface area contributed by atoms with Crippen LogP contribution in [-0.2, 0) is 32.1 Å². The maximum absolute atomic E-state index is 13.0. The van der Waals surface area contributed by atoms with Gasteiger partial charge in [0.15, 0.2) is 0 Å². The van der Waals surface area contributed by atoms with Crippen molar-refractivity contribution in [1.82, 2.24) is 15.5 Å². The van der Waals surface area contributed by atoms with Crippen LogP contribution in [0.25, 0.3) is 0 Å². The lowest BCUT2D eigenvalue weighted by atomic mass is 10.1. The van der Waals surface area contributed by atoms with Crippen molar-refractivity contribution >= 4 is 17.7 Å². The molecule has 2 atom stereocenters. The number of fused-ring (bicyclic) bond motifs is 10. The van der Waals surface area contributed by atoms with E-state index in [-0.39, 0.29) is 48.2 Å². The Labute approximate surface area is 211 Å². The number of likely N-dealkylation sites (tertiary alicyclic amines) is 1. The van der Waals surface area contributed by atoms with Crippen LogP contribution in [0.2, 0.25) is 0 Å². The van der Waals surface area contributed by atoms with Crippen LogP contribution >= 0.6 is 0 Å². The molecule has 3 heterocycles. The smallest absolute Gasteiger partial charge is 0.228 e. The SMILES string of the molecule is CC1(C(=O)N2C[C@@H]3NC(=O)CCNC(=O)CCc4ccc(cc4)Oc4cccc(c4)CO[C@H]3C2)CC1. The number of rotatable bonds is 1. The van der Waals surface area contributed by atoms with Crippen molar-refractivity contribution in [2.24, 2.45) is 5.41 Å². The summed E-state index contributed by atoms with van der Waals surface area (Å²) in [5, 5.41) is 5.87. The van der Waals surface area contributed by atoms with Gasteiger partial charge >= 0.3 is 0 Å². The van der Waals surface area contributed by atoms with E-state index in [4.69, 9.17) is 9.47 Å². The van der Waals surface area contributed by atoms with Gasteiger partial charge in [-0.1, -0.05) is 31.2 Å². The molecule has 2 aromatic carbocycles. The molecule has 8 nitrogen and oxygen atoms in total. The van der Waals surface area contributed by atoms with Crippen LogP contribution in [0.5, 0.6) is 11.5 Å². The molecule has 1 aliphatic carbocycles. The summed E-state index contributed by atoms with van der Waals surface area (Å²) in [7, 11) is 0. The first kappa shape index (κ1) is 24.3. The Kier molecular flexibility index (Phi) is 6.96. The van der Waals surface area contributed by atoms with Gasteiger partial charge in [-0.2, -0.15) is 0 Å². The predicted molar refractivity (Wildman–Crippen MR) is 133 cm³/mol. The molecule has 3 amide bonds. The van der Waals surface area contributed by atoms with Gasteiger partial charge < -0.3 is 25.0 Å². The average Bonchev–Trinajstić information content (AvgIpc) is 3.50. The fraction of sp³-hybridized carbons (Fsp3) is 0.464. The van der Waals surface area contributed by atoms with Gasteiger partial charge in [-0.15, -0.1) is 0 Å². The first-order chi connectivity index (χ1) is 17.4. The Morgan fingerprint density at radius 1 is 0.944 bits per heavy atom. The van der Waals surface area contributed by atoms with Gasteiger partial charge in [-0.05, 0) is 54.7 Å². The summed E-state index contributed by atoms with van der Waals surface area (Å²) in [6, 6.07) is 15.1. The summed E-state index contributed by atoms with van der Waals surface area (Å²) >= 11 is 0. The summed E-state index contributed by atoms with van der Waals surface area (Å²) in [6.07, 6.45) is 2.61. The highest BCUT2D eigenvalue weighted by Gasteiger charge is 2.50. The normalized spacial score (nSPS) is 24.2. The number of nitrogens with one attached hydrogen (secondary N) is 2. The zero-order chi connectivity index (χ0) is 25.1. The van der Waals surface area contributed by atoms with E-state index in [1.807, 2.05) is 60.4 Å². The maximum atomic E-state index is 13.0. The lowest BCUT2D eigenvalue weighted by Gasteiger charge is -2.20. The third-order valence-electron chi connectivity index (χ3n) is 7.25. The maximum Gasteiger partial charge on any atom is 0.228 e. The minimum atomic E-state index is -0.322. The summed E-state index contributed by atoms with van der Waals surface area (Å²) < 4.78 is 12.3. The third kappa shape index (κ3) is 5.87. The third-order valence-corrected chi connectivity index (χ3v) is 7.25. The van der Waals surface area contributed by atoms with Gasteiger partial charge in [-0.25, -0.2) is 0 Å². The van der Waals surface area contributed by atoms with Crippen molar-refractivity contribution in [2.45, 2.75) is 57.8 Å². The number of carbonyl (C=O) groups is 3. The highest BCUT2D eigenvalue weighted by molar-refractivity contribution is 5.85. The van der Waals surface area contributed by atoms with E-state index >= 15 is 0 Å². The van der Waals surface area contributed by atoms with E-state index in [1.165, 1.54) is 0 Å². The van der Waals surface area contributed by atoms with Crippen molar-refractivity contribution in [3.05, 3.63) is 59.7 Å². The molecule has 0 spiro atoms. The Balaban J connectivity index is 1.33. The van der Waals surface area contributed by atoms with Gasteiger partial charge in [0, 0.05) is 37.9 Å². The molecule has 0 aromatic heterocycles. The van der Waals surface area contributed by atoms with Crippen molar-refractivity contribution < 1.29 is 23.9 Å². The molecule has 0 unspecified atom stereocenters. The van der Waals surface area contributed by atoms with E-state index in [0.29, 0.717) is 38.3 Å². The molecule has 3 aliphatic heterocycles. The van der Waals surface area contributed by atoms with Crippen LogP contribution in [0.15, 0.2) is 48.5 Å². The fourth-order valence-corrected chi connectivity index (χ4v) is 4.73. The number of carbonyl (C=O) groups excluding carboxylic acids is 3. The van der Waals surface area contributed by atoms with E-state index in [1.54, 1.807) is 0 Å². The number of amides is 3. The molecule has 1 saturated carbocycles. The second-order valence-electron chi connectivity index (χ2n) is 10.3. The summed E-state index contributed by atoms with van der Waals surface area (Å²) in [4.78, 5) is 39.7. The number of nitrogens with zero attached hydrogens (tertiary/aromatic N) is 1. The van der Waals surface area contributed by atoms with Crippen LogP contribution in [0.1, 0.15) is 43.7 Å². The van der Waals surface area contributed by atoms with Gasteiger partial charge in [-0.3, -0.25) is 14.4 Å². The number of benzene rings is 2. The van der Waals surface area contributed by atoms with Crippen LogP contribution in [0, 0.1) is 5.41 Å². The quantitative estimate of drug-likeness (QED) is 0.640. The topological polar surface area (TPSA) is 97.0 Å². The second-order valence-corrected chi connectivity index (χ2v) is 10.3. The molecule has 6 rings (SSSR count). The molecule has 1 saturated heterocycles. The molecule has 36 heavy (non-hydrogen) atoms. The Bertz CT molecular complexity index is 1130. The van der Waals surface area contributed by atoms with Crippen molar-refractivity contribution in [1.29, 1.82) is 0 Å². The lowest BCUT2D eigenvalue weighted by Crippen LogP contribution is -2.45. The number of ether oxygens (including phenoxy) is 2. The molecule has 8 heteroatoms. The zero-order valence-electron chi connectivity index (χ0n) is 20.6. The monoisotopic (exact) mass is 491 g/mol. The predicted octanol–water partition coefficient (Wildman–Crippen LogP) is 2.94. The first-order valence-corrected chi connectivity index (χ1v) is 12.7. The molecule has 2 aromatic rings. The highest BCUT2D eigenvalue weighted by atomic mass is 16.5. The fourth-order valence-electron chi connectivity index (χ4n) is 4.73. The Hall–Kier alpha value is -3.39. The highest BCUT2D eigenvalue weighted by Crippen LogP contribution is 2.47. The number of hydrogen-bond acceptors (Lipinski definition) is 5. The molecule has 4 aliphatic rings. The molecular weight excluding hydrogens is 458 g/mol. The van der Waals surface area contributed by atoms with Gasteiger partial charge in [0.25, 0.3) is 0 Å². The summed E-state index contributed by atoms with van der Waals surface area (Å²) in [6.45, 7) is 3.47. The minimum Gasteiger partial charge on any atom is -0.457 e. The van der Waals surface area contributed by atoms with Crippen molar-refractivity contribution in [3.63, 3.8) is 0 Å². The van der Waals surface area contributed by atoms with Crippen LogP contribution in [0.3, 0.4) is 0 Å². The van der Waals surface area contributed by atoms with E-state index in [9.17, 15) is 14.4 Å². The standard InChI is InChI=1S/C28H33N3O5/c1-28(12-13-28)27(34)31-16-23-24(17-31)35-18-20-3-2-4-22(15-20)36-21-8-5-19(6-9-21)7-10-25(32)29-14-11-26(33)30-23/h2-6,8-9,15,23-24H,7,10-14,16-18H2,1H3,(H,29,32)(H,30,33)/t23-,24-/m0/s1. The first-order valence-electron chi connectivity index (χ1n) is 12.7. The largest absolute Gasteiger partial charge is 0.457 e. The van der Waals surface area contributed by atoms with Gasteiger partial charge in [0.1, 0.15) is 11.5 Å². The molecular formula is C28H33N3O5. The van der Waals surface area contributed by atoms with Gasteiger partial charge in [0.05, 0.1) is 18.8 Å². The van der Waals surface area contributed by atoms with Crippen LogP contribution in [0.4, 0.5) is 0 Å². The summed E-state index contributed by atoms with van der Waals surface area (Å²) in [5.41, 5.74) is 1.71. The summed E-state index contributed by atoms with van der Waals surface area (Å²) in [5.74, 6) is 1.29. The van der Waals surface area contributed by atoms with Gasteiger partial charge in [0.2, 0.25) is 17.7 Å². The van der Waals surface area contributed by atoms with Crippen molar-refractivity contribution in [3.8, 4) is 11.5 Å². The van der Waals surface area contributed by atoms with Crippen LogP contribution in [-0.4, -0.2) is 54.4 Å². The average molecular weight is 492 g/mol. The lowest BCUT2D eigenvalue weighted by molar-refractivity contribution is -0.136. The van der Waals surface area contributed by atoms with Crippen molar-refractivity contribution in [2.75, 3.05) is 19.6 Å². The van der Waals surface area contributed by atoms with E-state index in [2.05, 4.69) is 10.6 Å². The number of aryl methyl sites for hydroxylation is 1. The van der Waals surface area contributed by atoms with E-state index < -0.39 is 0 Å². The molecule has 4 bridgehead atoms. The van der Waals surface area contributed by atoms with E-state index in [0.717, 1.165) is 29.7 Å². The zero-order valence-corrected chi connectivity index (χ0v) is 20.6. The van der Waals surface area contributed by atoms with Crippen LogP contribution < -0.4 is 15.4 Å². The minimum absolute atomic E-state index is 0.0918. The second kappa shape index (κ2) is 10.3. The molecule has 2 fully saturated rings. The number of hydrogen-bond donors (Lipinski definition) is 2. The molecule has 0 radical (unpaired) electrons. The molecule has 2 N–H and O–H groups in total.